The second-order valence-corrected chi connectivity index (χ2v) is 6.60. The molecule has 0 aromatic carbocycles. The molecule has 1 saturated carbocycles. The quantitative estimate of drug-likeness (QED) is 0.678. The minimum atomic E-state index is 0.389. The molecule has 2 aliphatic rings. The molecule has 0 spiro atoms. The molecule has 1 aliphatic heterocycles. The van der Waals surface area contributed by atoms with E-state index < -0.39 is 0 Å². The summed E-state index contributed by atoms with van der Waals surface area (Å²) in [6.07, 6.45) is 9.48. The number of methoxy groups -OCH3 is 1. The maximum atomic E-state index is 12.4. The smallest absolute Gasteiger partial charge is 0.222 e. The fraction of sp³-hybridized carbons (Fsp3) is 0.941. The van der Waals surface area contributed by atoms with Gasteiger partial charge in [0.2, 0.25) is 5.91 Å². The van der Waals surface area contributed by atoms with Gasteiger partial charge in [-0.05, 0) is 37.5 Å². The third kappa shape index (κ3) is 5.95. The van der Waals surface area contributed by atoms with E-state index in [-0.39, 0.29) is 0 Å². The predicted molar refractivity (Wildman–Crippen MR) is 83.2 cm³/mol. The minimum Gasteiger partial charge on any atom is -0.382 e. The van der Waals surface area contributed by atoms with E-state index in [1.807, 2.05) is 0 Å². The van der Waals surface area contributed by atoms with Crippen LogP contribution in [0.3, 0.4) is 0 Å². The molecule has 0 N–H and O–H groups in total. The molecule has 21 heavy (non-hydrogen) atoms. The number of amides is 1. The molecule has 1 heterocycles. The standard InChI is InChI=1S/C17H31NO3/c1-20-11-12-21-14-16-7-9-18(10-8-16)17(19)13-15-5-3-2-4-6-15/h15-16H,2-14H2,1H3. The third-order valence-corrected chi connectivity index (χ3v) is 4.94. The zero-order valence-corrected chi connectivity index (χ0v) is 13.5. The van der Waals surface area contributed by atoms with Crippen molar-refractivity contribution in [2.24, 2.45) is 11.8 Å². The van der Waals surface area contributed by atoms with Crippen LogP contribution in [-0.4, -0.2) is 50.8 Å². The third-order valence-electron chi connectivity index (χ3n) is 4.94. The SMILES string of the molecule is COCCOCC1CCN(C(=O)CC2CCCCC2)CC1. The van der Waals surface area contributed by atoms with E-state index in [1.54, 1.807) is 7.11 Å². The van der Waals surface area contributed by atoms with Crippen molar-refractivity contribution in [1.29, 1.82) is 0 Å². The van der Waals surface area contributed by atoms with Crippen molar-refractivity contribution in [1.82, 2.24) is 4.90 Å². The van der Waals surface area contributed by atoms with Crippen LogP contribution in [0.5, 0.6) is 0 Å². The fourth-order valence-corrected chi connectivity index (χ4v) is 3.51. The van der Waals surface area contributed by atoms with Crippen molar-refractivity contribution in [3.63, 3.8) is 0 Å². The highest BCUT2D eigenvalue weighted by Crippen LogP contribution is 2.27. The lowest BCUT2D eigenvalue weighted by molar-refractivity contribution is -0.134. The van der Waals surface area contributed by atoms with Crippen LogP contribution < -0.4 is 0 Å². The molecule has 0 unspecified atom stereocenters. The van der Waals surface area contributed by atoms with Crippen LogP contribution >= 0.6 is 0 Å². The van der Waals surface area contributed by atoms with Crippen molar-refractivity contribution >= 4 is 5.91 Å². The number of nitrogens with zero attached hydrogens (tertiary/aromatic N) is 1. The highest BCUT2D eigenvalue weighted by atomic mass is 16.5. The van der Waals surface area contributed by atoms with Gasteiger partial charge in [-0.2, -0.15) is 0 Å². The highest BCUT2D eigenvalue weighted by molar-refractivity contribution is 5.76. The lowest BCUT2D eigenvalue weighted by Gasteiger charge is -2.33. The van der Waals surface area contributed by atoms with E-state index in [0.717, 1.165) is 39.0 Å². The van der Waals surface area contributed by atoms with E-state index in [0.29, 0.717) is 31.0 Å². The molecule has 0 bridgehead atoms. The molecular weight excluding hydrogens is 266 g/mol. The van der Waals surface area contributed by atoms with Crippen LogP contribution in [0.25, 0.3) is 0 Å². The van der Waals surface area contributed by atoms with Gasteiger partial charge in [0.1, 0.15) is 0 Å². The van der Waals surface area contributed by atoms with E-state index in [1.165, 1.54) is 32.1 Å². The molecule has 0 aromatic heterocycles. The molecule has 0 atom stereocenters. The van der Waals surface area contributed by atoms with Crippen molar-refractivity contribution in [2.75, 3.05) is 40.0 Å². The first-order valence-electron chi connectivity index (χ1n) is 8.64. The van der Waals surface area contributed by atoms with Crippen molar-refractivity contribution < 1.29 is 14.3 Å². The van der Waals surface area contributed by atoms with Gasteiger partial charge in [0, 0.05) is 33.2 Å². The molecule has 0 radical (unpaired) electrons. The highest BCUT2D eigenvalue weighted by Gasteiger charge is 2.25. The minimum absolute atomic E-state index is 0.389. The fourth-order valence-electron chi connectivity index (χ4n) is 3.51. The van der Waals surface area contributed by atoms with Crippen molar-refractivity contribution in [3.05, 3.63) is 0 Å². The Bertz CT molecular complexity index is 294. The second kappa shape index (κ2) is 9.42. The number of ether oxygens (including phenoxy) is 2. The maximum absolute atomic E-state index is 12.4. The number of hydrogen-bond donors (Lipinski definition) is 0. The molecule has 4 heteroatoms. The second-order valence-electron chi connectivity index (χ2n) is 6.60. The van der Waals surface area contributed by atoms with Crippen LogP contribution in [-0.2, 0) is 14.3 Å². The number of piperidine rings is 1. The lowest BCUT2D eigenvalue weighted by atomic mass is 9.86. The predicted octanol–water partition coefficient (Wildman–Crippen LogP) is 2.86. The summed E-state index contributed by atoms with van der Waals surface area (Å²) < 4.78 is 10.6. The van der Waals surface area contributed by atoms with Crippen molar-refractivity contribution in [2.45, 2.75) is 51.4 Å². The Kier molecular flexibility index (Phi) is 7.51. The number of carbonyl (C=O) groups is 1. The summed E-state index contributed by atoms with van der Waals surface area (Å²) >= 11 is 0. The first kappa shape index (κ1) is 16.8. The van der Waals surface area contributed by atoms with E-state index in [4.69, 9.17) is 9.47 Å². The Balaban J connectivity index is 1.60. The summed E-state index contributed by atoms with van der Waals surface area (Å²) in [5.41, 5.74) is 0. The normalized spacial score (nSPS) is 21.7. The van der Waals surface area contributed by atoms with Crippen LogP contribution in [0.1, 0.15) is 51.4 Å². The van der Waals surface area contributed by atoms with Gasteiger partial charge in [-0.15, -0.1) is 0 Å². The molecule has 1 saturated heterocycles. The van der Waals surface area contributed by atoms with Gasteiger partial charge in [0.15, 0.2) is 0 Å². The summed E-state index contributed by atoms with van der Waals surface area (Å²) in [6.45, 7) is 4.00. The van der Waals surface area contributed by atoms with Crippen LogP contribution in [0.15, 0.2) is 0 Å². The maximum Gasteiger partial charge on any atom is 0.222 e. The Hall–Kier alpha value is -0.610. The van der Waals surface area contributed by atoms with E-state index in [2.05, 4.69) is 4.90 Å². The van der Waals surface area contributed by atoms with Gasteiger partial charge in [0.05, 0.1) is 13.2 Å². The van der Waals surface area contributed by atoms with Gasteiger partial charge < -0.3 is 14.4 Å². The molecule has 2 rings (SSSR count). The molecule has 1 amide bonds. The average molecular weight is 297 g/mol. The Morgan fingerprint density at radius 2 is 1.71 bits per heavy atom. The summed E-state index contributed by atoms with van der Waals surface area (Å²) in [5.74, 6) is 1.66. The van der Waals surface area contributed by atoms with Gasteiger partial charge in [-0.3, -0.25) is 4.79 Å². The van der Waals surface area contributed by atoms with Crippen LogP contribution in [0, 0.1) is 11.8 Å². The zero-order chi connectivity index (χ0) is 14.9. The van der Waals surface area contributed by atoms with Crippen molar-refractivity contribution in [3.8, 4) is 0 Å². The summed E-state index contributed by atoms with van der Waals surface area (Å²) in [7, 11) is 1.69. The summed E-state index contributed by atoms with van der Waals surface area (Å²) in [5, 5.41) is 0. The van der Waals surface area contributed by atoms with E-state index >= 15 is 0 Å². The molecule has 1 aliphatic carbocycles. The topological polar surface area (TPSA) is 38.8 Å². The first-order valence-corrected chi connectivity index (χ1v) is 8.64. The first-order chi connectivity index (χ1) is 10.3. The number of rotatable bonds is 7. The number of hydrogen-bond acceptors (Lipinski definition) is 3. The Morgan fingerprint density at radius 1 is 1.00 bits per heavy atom. The number of likely N-dealkylation sites (tertiary alicyclic amines) is 1. The lowest BCUT2D eigenvalue weighted by Crippen LogP contribution is -2.40. The molecule has 4 nitrogen and oxygen atoms in total. The van der Waals surface area contributed by atoms with Gasteiger partial charge >= 0.3 is 0 Å². The Labute approximate surface area is 129 Å². The Morgan fingerprint density at radius 3 is 2.38 bits per heavy atom. The monoisotopic (exact) mass is 297 g/mol. The van der Waals surface area contributed by atoms with Gasteiger partial charge in [-0.25, -0.2) is 0 Å². The van der Waals surface area contributed by atoms with Gasteiger partial charge in [-0.1, -0.05) is 19.3 Å². The average Bonchev–Trinajstić information content (AvgIpc) is 2.53. The van der Waals surface area contributed by atoms with Crippen LogP contribution in [0.4, 0.5) is 0 Å². The molecule has 0 aromatic rings. The van der Waals surface area contributed by atoms with E-state index in [9.17, 15) is 4.79 Å². The number of carbonyl (C=O) groups excluding carboxylic acids is 1. The summed E-state index contributed by atoms with van der Waals surface area (Å²) in [4.78, 5) is 14.4. The van der Waals surface area contributed by atoms with Crippen LogP contribution in [0.2, 0.25) is 0 Å². The largest absolute Gasteiger partial charge is 0.382 e. The molecule has 122 valence electrons. The van der Waals surface area contributed by atoms with Gasteiger partial charge in [0.25, 0.3) is 0 Å². The molecule has 2 fully saturated rings. The zero-order valence-electron chi connectivity index (χ0n) is 13.5. The summed E-state index contributed by atoms with van der Waals surface area (Å²) in [6, 6.07) is 0. The molecular formula is C17H31NO3.